The lowest BCUT2D eigenvalue weighted by Gasteiger charge is -2.10. The van der Waals surface area contributed by atoms with Gasteiger partial charge in [0.05, 0.1) is 25.4 Å². The summed E-state index contributed by atoms with van der Waals surface area (Å²) in [5.41, 5.74) is 2.03. The number of methoxy groups -OCH3 is 1. The summed E-state index contributed by atoms with van der Waals surface area (Å²) in [6.07, 6.45) is 0. The first kappa shape index (κ1) is 24.2. The van der Waals surface area contributed by atoms with Crippen molar-refractivity contribution in [3.05, 3.63) is 47.3 Å². The molecule has 0 spiro atoms. The molecule has 0 amide bonds. The lowest BCUT2D eigenvalue weighted by Crippen LogP contribution is -2.36. The molecule has 0 bridgehead atoms. The fourth-order valence-corrected chi connectivity index (χ4v) is 2.34. The van der Waals surface area contributed by atoms with Crippen molar-refractivity contribution >= 4 is 29.9 Å². The van der Waals surface area contributed by atoms with Crippen LogP contribution in [0.1, 0.15) is 43.7 Å². The number of aliphatic imine (C=N–C) groups is 1. The van der Waals surface area contributed by atoms with E-state index < -0.39 is 0 Å². The summed E-state index contributed by atoms with van der Waals surface area (Å²) in [6.45, 7) is 9.17. The van der Waals surface area contributed by atoms with Gasteiger partial charge in [0.25, 0.3) is 0 Å². The maximum absolute atomic E-state index is 5.64. The zero-order valence-corrected chi connectivity index (χ0v) is 19.4. The largest absolute Gasteiger partial charge is 0.491 e. The molecule has 1 aromatic heterocycles. The predicted molar refractivity (Wildman–Crippen MR) is 121 cm³/mol. The Labute approximate surface area is 184 Å². The van der Waals surface area contributed by atoms with Crippen LogP contribution in [0.4, 0.5) is 0 Å². The van der Waals surface area contributed by atoms with Gasteiger partial charge in [0, 0.05) is 19.7 Å². The maximum Gasteiger partial charge on any atom is 0.191 e. The number of hydrogen-bond donors (Lipinski definition) is 2. The van der Waals surface area contributed by atoms with Gasteiger partial charge >= 0.3 is 0 Å². The van der Waals surface area contributed by atoms with Crippen molar-refractivity contribution in [2.24, 2.45) is 4.99 Å². The molecule has 1 aromatic carbocycles. The zero-order valence-electron chi connectivity index (χ0n) is 17.0. The van der Waals surface area contributed by atoms with E-state index >= 15 is 0 Å². The number of guanidine groups is 1. The SMILES string of the molecule is CCNC(=NCc1cccc(OCCOC)c1)NCc1cc(C(C)C)no1.I. The molecule has 0 saturated heterocycles. The van der Waals surface area contributed by atoms with Crippen molar-refractivity contribution in [2.45, 2.75) is 39.8 Å². The van der Waals surface area contributed by atoms with E-state index in [0.717, 1.165) is 35.3 Å². The number of halogens is 1. The average molecular weight is 502 g/mol. The molecule has 0 aliphatic carbocycles. The Balaban J connectivity index is 0.00000392. The second-order valence-corrected chi connectivity index (χ2v) is 6.41. The number of hydrogen-bond acceptors (Lipinski definition) is 5. The van der Waals surface area contributed by atoms with Gasteiger partial charge in [-0.05, 0) is 30.5 Å². The number of nitrogens with one attached hydrogen (secondary N) is 2. The first-order valence-electron chi connectivity index (χ1n) is 9.30. The van der Waals surface area contributed by atoms with E-state index in [1.54, 1.807) is 7.11 Å². The molecule has 0 fully saturated rings. The third-order valence-electron chi connectivity index (χ3n) is 3.82. The average Bonchev–Trinajstić information content (AvgIpc) is 3.14. The molecule has 2 rings (SSSR count). The minimum atomic E-state index is 0. The van der Waals surface area contributed by atoms with Gasteiger partial charge in [-0.15, -0.1) is 24.0 Å². The Morgan fingerprint density at radius 1 is 1.21 bits per heavy atom. The number of nitrogens with zero attached hydrogens (tertiary/aromatic N) is 2. The second kappa shape index (κ2) is 13.4. The molecule has 1 heterocycles. The van der Waals surface area contributed by atoms with Crippen LogP contribution in [0.25, 0.3) is 0 Å². The molecule has 2 aromatic rings. The number of ether oxygens (including phenoxy) is 2. The van der Waals surface area contributed by atoms with E-state index in [1.807, 2.05) is 37.3 Å². The molecule has 28 heavy (non-hydrogen) atoms. The Morgan fingerprint density at radius 2 is 2.04 bits per heavy atom. The van der Waals surface area contributed by atoms with Crippen LogP contribution in [0.15, 0.2) is 39.8 Å². The van der Waals surface area contributed by atoms with E-state index in [2.05, 4.69) is 34.6 Å². The van der Waals surface area contributed by atoms with E-state index in [0.29, 0.717) is 32.2 Å². The van der Waals surface area contributed by atoms with Crippen LogP contribution in [0.3, 0.4) is 0 Å². The summed E-state index contributed by atoms with van der Waals surface area (Å²) in [7, 11) is 1.66. The standard InChI is InChI=1S/C20H30N4O3.HI/c1-5-21-20(23-14-18-12-19(15(2)3)24-27-18)22-13-16-7-6-8-17(11-16)26-10-9-25-4;/h6-8,11-12,15H,5,9-10,13-14H2,1-4H3,(H2,21,22,23);1H. The van der Waals surface area contributed by atoms with E-state index in [1.165, 1.54) is 0 Å². The first-order valence-corrected chi connectivity index (χ1v) is 9.30. The van der Waals surface area contributed by atoms with Gasteiger partial charge in [-0.2, -0.15) is 0 Å². The molecule has 0 aliphatic heterocycles. The molecular formula is C20H31IN4O3. The summed E-state index contributed by atoms with van der Waals surface area (Å²) >= 11 is 0. The van der Waals surface area contributed by atoms with Gasteiger partial charge in [-0.25, -0.2) is 4.99 Å². The van der Waals surface area contributed by atoms with Crippen molar-refractivity contribution in [1.29, 1.82) is 0 Å². The molecule has 8 heteroatoms. The second-order valence-electron chi connectivity index (χ2n) is 6.41. The molecule has 0 unspecified atom stereocenters. The van der Waals surface area contributed by atoms with Crippen LogP contribution < -0.4 is 15.4 Å². The summed E-state index contributed by atoms with van der Waals surface area (Å²) in [4.78, 5) is 4.63. The molecular weight excluding hydrogens is 471 g/mol. The molecule has 0 aliphatic rings. The van der Waals surface area contributed by atoms with Gasteiger partial charge in [0.15, 0.2) is 11.7 Å². The smallest absolute Gasteiger partial charge is 0.191 e. The molecule has 0 radical (unpaired) electrons. The van der Waals surface area contributed by atoms with Crippen molar-refractivity contribution in [2.75, 3.05) is 26.9 Å². The highest BCUT2D eigenvalue weighted by Crippen LogP contribution is 2.15. The van der Waals surface area contributed by atoms with Crippen LogP contribution in [0, 0.1) is 0 Å². The normalized spacial score (nSPS) is 11.2. The maximum atomic E-state index is 5.64. The van der Waals surface area contributed by atoms with Crippen molar-refractivity contribution in [3.63, 3.8) is 0 Å². The van der Waals surface area contributed by atoms with E-state index in [-0.39, 0.29) is 24.0 Å². The van der Waals surface area contributed by atoms with Gasteiger partial charge in [0.1, 0.15) is 12.4 Å². The first-order chi connectivity index (χ1) is 13.1. The minimum Gasteiger partial charge on any atom is -0.491 e. The zero-order chi connectivity index (χ0) is 19.5. The monoisotopic (exact) mass is 502 g/mol. The highest BCUT2D eigenvalue weighted by molar-refractivity contribution is 14.0. The van der Waals surface area contributed by atoms with Gasteiger partial charge in [-0.3, -0.25) is 0 Å². The lowest BCUT2D eigenvalue weighted by molar-refractivity contribution is 0.146. The quantitative estimate of drug-likeness (QED) is 0.223. The van der Waals surface area contributed by atoms with Crippen LogP contribution in [-0.2, 0) is 17.8 Å². The Kier molecular flexibility index (Phi) is 11.6. The molecule has 0 saturated carbocycles. The molecule has 7 nitrogen and oxygen atoms in total. The Hall–Kier alpha value is -1.81. The summed E-state index contributed by atoms with van der Waals surface area (Å²) in [6, 6.07) is 9.90. The Bertz CT molecular complexity index is 719. The third-order valence-corrected chi connectivity index (χ3v) is 3.82. The van der Waals surface area contributed by atoms with Gasteiger partial charge in [0.2, 0.25) is 0 Å². The van der Waals surface area contributed by atoms with Crippen molar-refractivity contribution < 1.29 is 14.0 Å². The van der Waals surface area contributed by atoms with Crippen LogP contribution in [0.2, 0.25) is 0 Å². The summed E-state index contributed by atoms with van der Waals surface area (Å²) in [5.74, 6) is 2.69. The summed E-state index contributed by atoms with van der Waals surface area (Å²) < 4.78 is 16.0. The minimum absolute atomic E-state index is 0. The van der Waals surface area contributed by atoms with E-state index in [9.17, 15) is 0 Å². The molecule has 2 N–H and O–H groups in total. The molecule has 156 valence electrons. The predicted octanol–water partition coefficient (Wildman–Crippen LogP) is 3.70. The lowest BCUT2D eigenvalue weighted by atomic mass is 10.1. The highest BCUT2D eigenvalue weighted by Gasteiger charge is 2.08. The number of aromatic nitrogens is 1. The molecule has 0 atom stereocenters. The van der Waals surface area contributed by atoms with Crippen molar-refractivity contribution in [3.8, 4) is 5.75 Å². The van der Waals surface area contributed by atoms with Gasteiger partial charge < -0.3 is 24.6 Å². The fourth-order valence-electron chi connectivity index (χ4n) is 2.34. The number of rotatable bonds is 10. The van der Waals surface area contributed by atoms with Crippen LogP contribution in [0.5, 0.6) is 5.75 Å². The van der Waals surface area contributed by atoms with Crippen LogP contribution >= 0.6 is 24.0 Å². The summed E-state index contributed by atoms with van der Waals surface area (Å²) in [5, 5.41) is 10.6. The highest BCUT2D eigenvalue weighted by atomic mass is 127. The van der Waals surface area contributed by atoms with E-state index in [4.69, 9.17) is 14.0 Å². The third kappa shape index (κ3) is 8.47. The van der Waals surface area contributed by atoms with Crippen LogP contribution in [-0.4, -0.2) is 38.0 Å². The van der Waals surface area contributed by atoms with Crippen molar-refractivity contribution in [1.82, 2.24) is 15.8 Å². The number of benzene rings is 1. The fraction of sp³-hybridized carbons (Fsp3) is 0.500. The Morgan fingerprint density at radius 3 is 2.71 bits per heavy atom. The van der Waals surface area contributed by atoms with Gasteiger partial charge in [-0.1, -0.05) is 31.1 Å². The topological polar surface area (TPSA) is 80.9 Å².